The van der Waals surface area contributed by atoms with E-state index in [9.17, 15) is 4.79 Å². The lowest BCUT2D eigenvalue weighted by molar-refractivity contribution is 0.0175. The van der Waals surface area contributed by atoms with Crippen LogP contribution in [0.15, 0.2) is 23.6 Å². The molecule has 1 aliphatic rings. The molecule has 2 amide bonds. The highest BCUT2D eigenvalue weighted by Gasteiger charge is 2.24. The number of morpholine rings is 1. The molecule has 0 aromatic carbocycles. The molecule has 1 aliphatic heterocycles. The Bertz CT molecular complexity index is 664. The molecule has 1 saturated heterocycles. The second kappa shape index (κ2) is 7.78. The second-order valence-electron chi connectivity index (χ2n) is 5.81. The lowest BCUT2D eigenvalue weighted by Gasteiger charge is -2.34. The Kier molecular flexibility index (Phi) is 5.49. The fraction of sp³-hybridized carbons (Fsp3) is 0.500. The summed E-state index contributed by atoms with van der Waals surface area (Å²) in [5.41, 5.74) is 0.873. The fourth-order valence-corrected chi connectivity index (χ4v) is 3.72. The number of hydrogen-bond donors (Lipinski definition) is 2. The first-order chi connectivity index (χ1) is 11.6. The van der Waals surface area contributed by atoms with Crippen molar-refractivity contribution in [1.82, 2.24) is 20.0 Å². The maximum atomic E-state index is 12.2. The number of ether oxygens (including phenoxy) is 1. The molecule has 8 heteroatoms. The molecule has 7 nitrogen and oxygen atoms in total. The largest absolute Gasteiger partial charge is 0.379 e. The van der Waals surface area contributed by atoms with E-state index in [2.05, 4.69) is 32.1 Å². The van der Waals surface area contributed by atoms with Gasteiger partial charge >= 0.3 is 6.03 Å². The van der Waals surface area contributed by atoms with Crippen molar-refractivity contribution >= 4 is 23.2 Å². The predicted octanol–water partition coefficient (Wildman–Crippen LogP) is 1.99. The van der Waals surface area contributed by atoms with E-state index in [1.54, 1.807) is 16.0 Å². The Morgan fingerprint density at radius 2 is 2.25 bits per heavy atom. The summed E-state index contributed by atoms with van der Waals surface area (Å²) in [6.45, 7) is 5.70. The van der Waals surface area contributed by atoms with Crippen molar-refractivity contribution in [3.8, 4) is 0 Å². The van der Waals surface area contributed by atoms with Gasteiger partial charge in [0.05, 0.1) is 24.9 Å². The maximum Gasteiger partial charge on any atom is 0.320 e. The standard InChI is InChI=1S/C16H23N5O2S/c1-12-10-15(20(2)19-12)18-16(22)17-11-13(14-4-3-9-24-14)21-5-7-23-8-6-21/h3-4,9-10,13H,5-8,11H2,1-2H3,(H2,17,18,22)/t13-/m0/s1. The predicted molar refractivity (Wildman–Crippen MR) is 94.4 cm³/mol. The third-order valence-electron chi connectivity index (χ3n) is 4.06. The smallest absolute Gasteiger partial charge is 0.320 e. The Hall–Kier alpha value is -1.90. The zero-order chi connectivity index (χ0) is 16.9. The highest BCUT2D eigenvalue weighted by Crippen LogP contribution is 2.25. The maximum absolute atomic E-state index is 12.2. The summed E-state index contributed by atoms with van der Waals surface area (Å²) in [7, 11) is 1.81. The summed E-state index contributed by atoms with van der Waals surface area (Å²) in [5.74, 6) is 0.684. The number of aromatic nitrogens is 2. The number of nitrogens with zero attached hydrogens (tertiary/aromatic N) is 3. The van der Waals surface area contributed by atoms with Gasteiger partial charge in [-0.1, -0.05) is 6.07 Å². The summed E-state index contributed by atoms with van der Waals surface area (Å²) in [6.07, 6.45) is 0. The molecule has 3 heterocycles. The van der Waals surface area contributed by atoms with Crippen molar-refractivity contribution in [3.05, 3.63) is 34.2 Å². The van der Waals surface area contributed by atoms with Crippen LogP contribution >= 0.6 is 11.3 Å². The summed E-state index contributed by atoms with van der Waals surface area (Å²) in [5, 5.41) is 12.1. The highest BCUT2D eigenvalue weighted by atomic mass is 32.1. The number of hydrogen-bond acceptors (Lipinski definition) is 5. The first kappa shape index (κ1) is 16.9. The molecule has 130 valence electrons. The topological polar surface area (TPSA) is 71.4 Å². The number of amides is 2. The van der Waals surface area contributed by atoms with Gasteiger partial charge < -0.3 is 10.1 Å². The van der Waals surface area contributed by atoms with Crippen molar-refractivity contribution in [2.24, 2.45) is 7.05 Å². The van der Waals surface area contributed by atoms with Crippen LogP contribution in [0, 0.1) is 6.92 Å². The summed E-state index contributed by atoms with van der Waals surface area (Å²) >= 11 is 1.72. The number of thiophene rings is 1. The molecule has 3 rings (SSSR count). The minimum Gasteiger partial charge on any atom is -0.379 e. The van der Waals surface area contributed by atoms with Gasteiger partial charge in [0.1, 0.15) is 5.82 Å². The van der Waals surface area contributed by atoms with Crippen LogP contribution in [0.4, 0.5) is 10.6 Å². The molecule has 2 N–H and O–H groups in total. The number of rotatable bonds is 5. The second-order valence-corrected chi connectivity index (χ2v) is 6.79. The van der Waals surface area contributed by atoms with Crippen LogP contribution in [-0.2, 0) is 11.8 Å². The SMILES string of the molecule is Cc1cc(NC(=O)NC[C@@H](c2cccs2)N2CCOCC2)n(C)n1. The van der Waals surface area contributed by atoms with Crippen molar-refractivity contribution in [3.63, 3.8) is 0 Å². The molecule has 0 aliphatic carbocycles. The molecular formula is C16H23N5O2S. The van der Waals surface area contributed by atoms with Gasteiger partial charge in [0.25, 0.3) is 0 Å². The van der Waals surface area contributed by atoms with Crippen molar-refractivity contribution in [2.75, 3.05) is 38.2 Å². The minimum absolute atomic E-state index is 0.174. The quantitative estimate of drug-likeness (QED) is 0.866. The van der Waals surface area contributed by atoms with Gasteiger partial charge in [0.2, 0.25) is 0 Å². The Balaban J connectivity index is 1.60. The van der Waals surface area contributed by atoms with E-state index in [-0.39, 0.29) is 12.1 Å². The molecule has 0 bridgehead atoms. The Labute approximate surface area is 145 Å². The molecule has 1 fully saturated rings. The first-order valence-corrected chi connectivity index (χ1v) is 8.92. The zero-order valence-electron chi connectivity index (χ0n) is 14.0. The van der Waals surface area contributed by atoms with Gasteiger partial charge in [-0.05, 0) is 18.4 Å². The molecule has 0 saturated carbocycles. The van der Waals surface area contributed by atoms with Gasteiger partial charge in [-0.3, -0.25) is 14.9 Å². The van der Waals surface area contributed by atoms with Gasteiger partial charge in [0.15, 0.2) is 0 Å². The van der Waals surface area contributed by atoms with E-state index in [0.29, 0.717) is 12.4 Å². The number of nitrogens with one attached hydrogen (secondary N) is 2. The third-order valence-corrected chi connectivity index (χ3v) is 5.03. The third kappa shape index (κ3) is 4.14. The van der Waals surface area contributed by atoms with Crippen LogP contribution in [0.2, 0.25) is 0 Å². The van der Waals surface area contributed by atoms with E-state index < -0.39 is 0 Å². The summed E-state index contributed by atoms with van der Waals surface area (Å²) < 4.78 is 7.10. The minimum atomic E-state index is -0.215. The lowest BCUT2D eigenvalue weighted by atomic mass is 10.2. The zero-order valence-corrected chi connectivity index (χ0v) is 14.8. The van der Waals surface area contributed by atoms with Crippen molar-refractivity contribution in [2.45, 2.75) is 13.0 Å². The van der Waals surface area contributed by atoms with Crippen LogP contribution < -0.4 is 10.6 Å². The van der Waals surface area contributed by atoms with Gasteiger partial charge in [-0.15, -0.1) is 11.3 Å². The average molecular weight is 349 g/mol. The lowest BCUT2D eigenvalue weighted by Crippen LogP contribution is -2.44. The highest BCUT2D eigenvalue weighted by molar-refractivity contribution is 7.10. The van der Waals surface area contributed by atoms with Crippen molar-refractivity contribution < 1.29 is 9.53 Å². The van der Waals surface area contributed by atoms with Crippen LogP contribution in [0.1, 0.15) is 16.6 Å². The number of urea groups is 1. The van der Waals surface area contributed by atoms with E-state index in [4.69, 9.17) is 4.74 Å². The van der Waals surface area contributed by atoms with Crippen molar-refractivity contribution in [1.29, 1.82) is 0 Å². The number of aryl methyl sites for hydroxylation is 2. The van der Waals surface area contributed by atoms with Crippen LogP contribution in [0.25, 0.3) is 0 Å². The average Bonchev–Trinajstić information content (AvgIpc) is 3.19. The molecule has 0 radical (unpaired) electrons. The fourth-order valence-electron chi connectivity index (χ4n) is 2.86. The van der Waals surface area contributed by atoms with E-state index in [1.165, 1.54) is 4.88 Å². The molecule has 2 aromatic heterocycles. The summed E-state index contributed by atoms with van der Waals surface area (Å²) in [6, 6.07) is 5.97. The monoisotopic (exact) mass is 349 g/mol. The normalized spacial score (nSPS) is 16.8. The molecule has 1 atom stereocenters. The molecular weight excluding hydrogens is 326 g/mol. The number of anilines is 1. The van der Waals surface area contributed by atoms with Crippen LogP contribution in [0.5, 0.6) is 0 Å². The van der Waals surface area contributed by atoms with E-state index in [0.717, 1.165) is 32.0 Å². The van der Waals surface area contributed by atoms with Crippen LogP contribution in [0.3, 0.4) is 0 Å². The summed E-state index contributed by atoms with van der Waals surface area (Å²) in [4.78, 5) is 15.9. The number of carbonyl (C=O) groups excluding carboxylic acids is 1. The van der Waals surface area contributed by atoms with Gasteiger partial charge in [-0.2, -0.15) is 5.10 Å². The van der Waals surface area contributed by atoms with Gasteiger partial charge in [-0.25, -0.2) is 4.79 Å². The molecule has 0 spiro atoms. The van der Waals surface area contributed by atoms with Gasteiger partial charge in [0, 0.05) is 37.6 Å². The van der Waals surface area contributed by atoms with E-state index in [1.807, 2.05) is 26.1 Å². The number of carbonyl (C=O) groups is 1. The first-order valence-electron chi connectivity index (χ1n) is 8.04. The molecule has 24 heavy (non-hydrogen) atoms. The van der Waals surface area contributed by atoms with Crippen LogP contribution in [-0.4, -0.2) is 53.6 Å². The molecule has 2 aromatic rings. The Morgan fingerprint density at radius 3 is 2.88 bits per heavy atom. The molecule has 0 unspecified atom stereocenters. The van der Waals surface area contributed by atoms with E-state index >= 15 is 0 Å². The Morgan fingerprint density at radius 1 is 1.46 bits per heavy atom.